The standard InChI is InChI=1S/C13H20O4/c1-5-14-12(15-6-2)10-9-11-13(16-7-3)17-8-4/h5-8,12-13H,1-4,9-11H2. The molecule has 0 heterocycles. The quantitative estimate of drug-likeness (QED) is 0.387. The lowest BCUT2D eigenvalue weighted by Gasteiger charge is -2.18. The molecule has 0 aromatic heterocycles. The average molecular weight is 240 g/mol. The van der Waals surface area contributed by atoms with Gasteiger partial charge in [0.25, 0.3) is 0 Å². The van der Waals surface area contributed by atoms with Gasteiger partial charge in [-0.15, -0.1) is 0 Å². The fourth-order valence-electron chi connectivity index (χ4n) is 1.22. The van der Waals surface area contributed by atoms with E-state index < -0.39 is 0 Å². The molecular formula is C13H20O4. The molecule has 0 aliphatic carbocycles. The summed E-state index contributed by atoms with van der Waals surface area (Å²) in [5.41, 5.74) is 0. The topological polar surface area (TPSA) is 36.9 Å². The predicted octanol–water partition coefficient (Wildman–Crippen LogP) is 3.45. The van der Waals surface area contributed by atoms with Crippen LogP contribution in [0.3, 0.4) is 0 Å². The van der Waals surface area contributed by atoms with Gasteiger partial charge in [0.05, 0.1) is 25.0 Å². The lowest BCUT2D eigenvalue weighted by molar-refractivity contribution is -0.0849. The molecule has 0 rings (SSSR count). The van der Waals surface area contributed by atoms with Crippen LogP contribution in [0.25, 0.3) is 0 Å². The van der Waals surface area contributed by atoms with Crippen molar-refractivity contribution in [2.45, 2.75) is 31.8 Å². The molecule has 4 nitrogen and oxygen atoms in total. The lowest BCUT2D eigenvalue weighted by atomic mass is 10.2. The molecule has 0 saturated carbocycles. The summed E-state index contributed by atoms with van der Waals surface area (Å²) in [6.45, 7) is 13.9. The molecule has 0 aliphatic heterocycles. The minimum absolute atomic E-state index is 0.377. The zero-order valence-electron chi connectivity index (χ0n) is 10.0. The fourth-order valence-corrected chi connectivity index (χ4v) is 1.22. The maximum atomic E-state index is 5.13. The van der Waals surface area contributed by atoms with Crippen LogP contribution in [-0.2, 0) is 18.9 Å². The highest BCUT2D eigenvalue weighted by Crippen LogP contribution is 2.12. The SMILES string of the molecule is C=COC(CCCC(OC=C)OC=C)OC=C. The summed E-state index contributed by atoms with van der Waals surface area (Å²) in [6, 6.07) is 0. The van der Waals surface area contributed by atoms with Crippen LogP contribution < -0.4 is 0 Å². The first-order chi connectivity index (χ1) is 8.28. The molecule has 0 radical (unpaired) electrons. The van der Waals surface area contributed by atoms with Crippen molar-refractivity contribution in [1.29, 1.82) is 0 Å². The number of ether oxygens (including phenoxy) is 4. The fraction of sp³-hybridized carbons (Fsp3) is 0.385. The van der Waals surface area contributed by atoms with Crippen molar-refractivity contribution in [2.24, 2.45) is 0 Å². The third-order valence-corrected chi connectivity index (χ3v) is 1.87. The van der Waals surface area contributed by atoms with Gasteiger partial charge in [-0.3, -0.25) is 0 Å². The first kappa shape index (κ1) is 15.2. The smallest absolute Gasteiger partial charge is 0.239 e. The summed E-state index contributed by atoms with van der Waals surface area (Å²) in [5, 5.41) is 0. The second-order valence-electron chi connectivity index (χ2n) is 3.00. The molecule has 0 amide bonds. The van der Waals surface area contributed by atoms with Crippen molar-refractivity contribution in [1.82, 2.24) is 0 Å². The Morgan fingerprint density at radius 1 is 0.647 bits per heavy atom. The van der Waals surface area contributed by atoms with Crippen LogP contribution in [0.15, 0.2) is 51.4 Å². The van der Waals surface area contributed by atoms with Gasteiger partial charge in [0.1, 0.15) is 0 Å². The molecule has 4 heteroatoms. The van der Waals surface area contributed by atoms with E-state index in [0.717, 1.165) is 6.42 Å². The van der Waals surface area contributed by atoms with Gasteiger partial charge in [-0.05, 0) is 6.42 Å². The van der Waals surface area contributed by atoms with Crippen LogP contribution in [0.4, 0.5) is 0 Å². The van der Waals surface area contributed by atoms with E-state index in [1.54, 1.807) is 0 Å². The third kappa shape index (κ3) is 8.02. The molecule has 0 aromatic rings. The average Bonchev–Trinajstić information content (AvgIpc) is 2.30. The first-order valence-electron chi connectivity index (χ1n) is 5.34. The zero-order valence-corrected chi connectivity index (χ0v) is 10.0. The Bertz CT molecular complexity index is 194. The van der Waals surface area contributed by atoms with Crippen LogP contribution in [0.1, 0.15) is 19.3 Å². The molecule has 0 aliphatic rings. The Hall–Kier alpha value is -1.84. The van der Waals surface area contributed by atoms with Gasteiger partial charge in [-0.1, -0.05) is 26.3 Å². The second kappa shape index (κ2) is 10.7. The first-order valence-corrected chi connectivity index (χ1v) is 5.34. The van der Waals surface area contributed by atoms with Gasteiger partial charge in [0.15, 0.2) is 0 Å². The van der Waals surface area contributed by atoms with Gasteiger partial charge in [-0.2, -0.15) is 0 Å². The molecule has 0 atom stereocenters. The Balaban J connectivity index is 3.88. The van der Waals surface area contributed by atoms with E-state index in [-0.39, 0.29) is 12.6 Å². The van der Waals surface area contributed by atoms with Crippen LogP contribution in [-0.4, -0.2) is 12.6 Å². The summed E-state index contributed by atoms with van der Waals surface area (Å²) < 4.78 is 20.5. The van der Waals surface area contributed by atoms with Crippen LogP contribution in [0, 0.1) is 0 Å². The van der Waals surface area contributed by atoms with Gasteiger partial charge < -0.3 is 18.9 Å². The molecular weight excluding hydrogens is 220 g/mol. The van der Waals surface area contributed by atoms with Crippen molar-refractivity contribution in [3.05, 3.63) is 51.4 Å². The van der Waals surface area contributed by atoms with Gasteiger partial charge in [-0.25, -0.2) is 0 Å². The Kier molecular flexibility index (Phi) is 9.52. The molecule has 0 N–H and O–H groups in total. The largest absolute Gasteiger partial charge is 0.463 e. The highest BCUT2D eigenvalue weighted by molar-refractivity contribution is 4.62. The monoisotopic (exact) mass is 240 g/mol. The molecule has 0 fully saturated rings. The van der Waals surface area contributed by atoms with E-state index in [9.17, 15) is 0 Å². The van der Waals surface area contributed by atoms with Crippen molar-refractivity contribution < 1.29 is 18.9 Å². The molecule has 96 valence electrons. The summed E-state index contributed by atoms with van der Waals surface area (Å²) in [6.07, 6.45) is 6.75. The maximum absolute atomic E-state index is 5.13. The lowest BCUT2D eigenvalue weighted by Crippen LogP contribution is -2.15. The predicted molar refractivity (Wildman–Crippen MR) is 66.6 cm³/mol. The van der Waals surface area contributed by atoms with Crippen molar-refractivity contribution in [3.8, 4) is 0 Å². The molecule has 0 bridgehead atoms. The van der Waals surface area contributed by atoms with E-state index in [0.29, 0.717) is 12.8 Å². The molecule has 0 aromatic carbocycles. The molecule has 0 saturated heterocycles. The second-order valence-corrected chi connectivity index (χ2v) is 3.00. The molecule has 0 unspecified atom stereocenters. The van der Waals surface area contributed by atoms with E-state index in [1.165, 1.54) is 25.0 Å². The number of rotatable bonds is 12. The van der Waals surface area contributed by atoms with Gasteiger partial charge >= 0.3 is 0 Å². The Morgan fingerprint density at radius 3 is 1.18 bits per heavy atom. The normalized spacial score (nSPS) is 9.53. The van der Waals surface area contributed by atoms with Crippen LogP contribution in [0.2, 0.25) is 0 Å². The summed E-state index contributed by atoms with van der Waals surface area (Å²) >= 11 is 0. The van der Waals surface area contributed by atoms with E-state index in [1.807, 2.05) is 0 Å². The molecule has 17 heavy (non-hydrogen) atoms. The third-order valence-electron chi connectivity index (χ3n) is 1.87. The van der Waals surface area contributed by atoms with E-state index in [2.05, 4.69) is 26.3 Å². The van der Waals surface area contributed by atoms with Crippen molar-refractivity contribution in [2.75, 3.05) is 0 Å². The molecule has 0 spiro atoms. The summed E-state index contributed by atoms with van der Waals surface area (Å²) in [4.78, 5) is 0. The van der Waals surface area contributed by atoms with Gasteiger partial charge in [0.2, 0.25) is 12.6 Å². The van der Waals surface area contributed by atoms with Crippen LogP contribution >= 0.6 is 0 Å². The van der Waals surface area contributed by atoms with Crippen LogP contribution in [0.5, 0.6) is 0 Å². The van der Waals surface area contributed by atoms with E-state index >= 15 is 0 Å². The highest BCUT2D eigenvalue weighted by Gasteiger charge is 2.11. The zero-order chi connectivity index (χ0) is 12.9. The van der Waals surface area contributed by atoms with Crippen molar-refractivity contribution >= 4 is 0 Å². The Morgan fingerprint density at radius 2 is 0.941 bits per heavy atom. The Labute approximate surface area is 103 Å². The van der Waals surface area contributed by atoms with E-state index in [4.69, 9.17) is 18.9 Å². The minimum atomic E-state index is -0.377. The summed E-state index contributed by atoms with van der Waals surface area (Å²) in [7, 11) is 0. The minimum Gasteiger partial charge on any atom is -0.463 e. The van der Waals surface area contributed by atoms with Crippen molar-refractivity contribution in [3.63, 3.8) is 0 Å². The summed E-state index contributed by atoms with van der Waals surface area (Å²) in [5.74, 6) is 0. The highest BCUT2D eigenvalue weighted by atomic mass is 16.7. The number of hydrogen-bond donors (Lipinski definition) is 0. The number of hydrogen-bond acceptors (Lipinski definition) is 4. The maximum Gasteiger partial charge on any atom is 0.239 e. The van der Waals surface area contributed by atoms with Gasteiger partial charge in [0, 0.05) is 12.8 Å².